The fraction of sp³-hybridized carbons (Fsp3) is 0.256. The van der Waals surface area contributed by atoms with E-state index in [9.17, 15) is 118 Å². The number of aromatic amines is 3. The number of nitrogens with one attached hydrogen (secondary N) is 3. The number of rotatable bonds is 13. The van der Waals surface area contributed by atoms with Gasteiger partial charge in [0.05, 0.1) is 100 Å². The van der Waals surface area contributed by atoms with Gasteiger partial charge in [-0.25, -0.2) is 0 Å². The van der Waals surface area contributed by atoms with E-state index in [0.717, 1.165) is 78.1 Å². The molecule has 3 atom stereocenters. The predicted molar refractivity (Wildman–Crippen MR) is 466 cm³/mol. The van der Waals surface area contributed by atoms with E-state index >= 15 is 0 Å². The highest BCUT2D eigenvalue weighted by atomic mass is 80.9. The maximum atomic E-state index is 13.6. The van der Waals surface area contributed by atoms with Gasteiger partial charge in [0.2, 0.25) is 48.9 Å². The number of aryl methyl sites for hydroxylation is 4. The summed E-state index contributed by atoms with van der Waals surface area (Å²) >= 11 is 9.06. The van der Waals surface area contributed by atoms with E-state index in [4.69, 9.17) is 14.2 Å². The van der Waals surface area contributed by atoms with E-state index in [0.29, 0.717) is 67.2 Å². The highest BCUT2D eigenvalue weighted by molar-refractivity contribution is 9.93. The molecule has 33 heteroatoms. The number of allylic oxidation sites excluding steroid dienone is 3. The normalized spacial score (nSPS) is 17.6. The van der Waals surface area contributed by atoms with Crippen molar-refractivity contribution in [2.45, 2.75) is 127 Å². The van der Waals surface area contributed by atoms with Gasteiger partial charge in [-0.05, 0) is 139 Å². The minimum absolute atomic E-state index is 0.000522. The van der Waals surface area contributed by atoms with Crippen molar-refractivity contribution in [2.75, 3.05) is 21.3 Å². The number of halogens is 3. The summed E-state index contributed by atoms with van der Waals surface area (Å²) < 4.78 is 15.2. The number of aromatic nitrogens is 3. The monoisotopic (exact) mass is 1860 g/mol. The third-order valence-electron chi connectivity index (χ3n) is 24.7. The number of aliphatic hydroxyl groups is 6. The molecule has 3 aromatic carbocycles. The fourth-order valence-corrected chi connectivity index (χ4v) is 19.9. The van der Waals surface area contributed by atoms with Crippen LogP contribution in [0.3, 0.4) is 0 Å². The summed E-state index contributed by atoms with van der Waals surface area (Å²) in [6.45, 7) is 5.99. The van der Waals surface area contributed by atoms with Gasteiger partial charge in [0.1, 0.15) is 68.0 Å². The zero-order valence-electron chi connectivity index (χ0n) is 65.8. The number of ether oxygens (including phenoxy) is 3. The van der Waals surface area contributed by atoms with Crippen LogP contribution in [0.5, 0.6) is 34.5 Å². The molecule has 0 aliphatic heterocycles. The van der Waals surface area contributed by atoms with E-state index in [2.05, 4.69) is 73.0 Å². The number of hydrogen-bond donors (Lipinski definition) is 12. The Labute approximate surface area is 708 Å². The van der Waals surface area contributed by atoms with Crippen molar-refractivity contribution in [3.8, 4) is 34.5 Å². The lowest BCUT2D eigenvalue weighted by atomic mass is 9.78. The molecular formula is C90H70Br3N3O27. The Balaban J connectivity index is 0.000000142. The van der Waals surface area contributed by atoms with Crippen LogP contribution < -0.4 is 127 Å². The average Bonchev–Trinajstić information content (AvgIpc) is 1.53. The first-order valence-electron chi connectivity index (χ1n) is 38.7. The minimum atomic E-state index is -1.95. The molecule has 3 unspecified atom stereocenters. The maximum absolute atomic E-state index is 13.6. The number of phenolic OH excluding ortho intramolecular Hbond substituents is 3. The summed E-state index contributed by atoms with van der Waals surface area (Å²) in [4.78, 5) is 206. The van der Waals surface area contributed by atoms with Gasteiger partial charge in [-0.15, -0.1) is 0 Å². The van der Waals surface area contributed by atoms with Crippen molar-refractivity contribution >= 4 is 117 Å². The van der Waals surface area contributed by atoms with E-state index in [1.54, 1.807) is 48.6 Å². The van der Waals surface area contributed by atoms with Gasteiger partial charge in [0, 0.05) is 90.1 Å². The summed E-state index contributed by atoms with van der Waals surface area (Å²) in [5, 5.41) is 96.6. The number of aliphatic hydroxyl groups excluding tert-OH is 6. The van der Waals surface area contributed by atoms with Gasteiger partial charge < -0.3 is 75.1 Å². The Kier molecular flexibility index (Phi) is 21.4. The molecule has 0 bridgehead atoms. The van der Waals surface area contributed by atoms with Gasteiger partial charge in [0.15, 0.2) is 33.5 Å². The molecule has 12 aliphatic carbocycles. The van der Waals surface area contributed by atoms with Crippen molar-refractivity contribution in [3.63, 3.8) is 0 Å². The van der Waals surface area contributed by atoms with Crippen molar-refractivity contribution in [1.29, 1.82) is 0 Å². The smallest absolute Gasteiger partial charge is 0.260 e. The average molecular weight is 1870 g/mol. The standard InChI is InChI=1S/C30H24BrNO9.C30H25NO9.C30H21NO9.Br2/c1-3-4-5-6-11-9-13-16(29(40)32-11)26(37)21-12(22(13)31)7-8-30(21)27(38)19-20(28(30)39)25(36)18-17(24(19)35)14(33)10-15(41-2)23(18)34;2*1-3-4-5-6-14-10-13-9-12-7-8-30(22(12)26(36)17(13)29(39)31-14)27(37)20-21(28(30)38)25(35)19-18(24(20)34)15(32)11-16(40-2)23(19)33;1-2/h9-10,37-39H,3-8H2,1-2H3,(H,32,40);9-11,36-38H,3-8H2,1-2H3,(H,31,39);3-6,9-11,36-38H,7-8H2,1-2H3,(H,31,39);/b;;4-3+,6-5+;. The van der Waals surface area contributed by atoms with E-state index in [1.165, 1.54) is 0 Å². The number of H-pyrrole nitrogens is 3. The highest BCUT2D eigenvalue weighted by Crippen LogP contribution is 2.58. The van der Waals surface area contributed by atoms with Crippen LogP contribution in [-0.4, -0.2) is 82.2 Å². The third kappa shape index (κ3) is 11.8. The molecule has 30 nitrogen and oxygen atoms in total. The van der Waals surface area contributed by atoms with Crippen molar-refractivity contribution in [3.05, 3.63) is 338 Å². The molecule has 3 heterocycles. The summed E-state index contributed by atoms with van der Waals surface area (Å²) in [7, 11) is 3.39. The topological polar surface area (TPSA) is 513 Å². The van der Waals surface area contributed by atoms with Crippen LogP contribution in [-0.2, 0) is 48.3 Å². The van der Waals surface area contributed by atoms with Gasteiger partial charge in [-0.3, -0.25) is 71.9 Å². The molecule has 0 amide bonds. The molecule has 6 aromatic rings. The highest BCUT2D eigenvalue weighted by Gasteiger charge is 2.57. The van der Waals surface area contributed by atoms with Crippen LogP contribution in [0.1, 0.15) is 129 Å². The van der Waals surface area contributed by atoms with Crippen LogP contribution in [0.15, 0.2) is 143 Å². The summed E-state index contributed by atoms with van der Waals surface area (Å²) in [5.74, 6) is -7.22. The fourth-order valence-electron chi connectivity index (χ4n) is 19.2. The largest absolute Gasteiger partial charge is 0.510 e. The molecule has 12 aliphatic rings. The number of methoxy groups -OCH3 is 3. The van der Waals surface area contributed by atoms with Crippen molar-refractivity contribution < 1.29 is 60.2 Å². The number of hydrogen-bond acceptors (Lipinski definition) is 27. The molecule has 3 aromatic heterocycles. The van der Waals surface area contributed by atoms with E-state index in [1.807, 2.05) is 13.0 Å². The van der Waals surface area contributed by atoms with Gasteiger partial charge in [-0.1, -0.05) is 69.9 Å². The number of pyridine rings is 3. The van der Waals surface area contributed by atoms with Gasteiger partial charge >= 0.3 is 0 Å². The Morgan fingerprint density at radius 1 is 0.382 bits per heavy atom. The Morgan fingerprint density at radius 2 is 0.715 bits per heavy atom. The maximum Gasteiger partial charge on any atom is 0.260 e. The quantitative estimate of drug-likeness (QED) is 0.0583. The molecule has 0 saturated heterocycles. The van der Waals surface area contributed by atoms with Gasteiger partial charge in [0.25, 0.3) is 16.7 Å². The van der Waals surface area contributed by atoms with Crippen LogP contribution >= 0.6 is 44.2 Å². The molecule has 18 rings (SSSR count). The minimum Gasteiger partial charge on any atom is -0.510 e. The zero-order valence-corrected chi connectivity index (χ0v) is 70.6. The first kappa shape index (κ1) is 84.7. The molecule has 628 valence electrons. The van der Waals surface area contributed by atoms with Crippen LogP contribution in [0.4, 0.5) is 0 Å². The SMILES string of the molecule is BrBr.C/C=C/C=C/c1cc2cc3c(c(O)c2c(=O)[nH]1)C1(CC3)C(O)=c2c(=O)c3c(=O)cc(OC)c(=O)c=3c(=O)c2=C1O.CCCCCc1cc2c(Br)c3c(c(O)c2c(=O)[nH]1)C1(CC3)C(O)=c2c(=O)c3c(=O)cc(OC)c(=O)c=3c(=O)c2=C1O.CCCCCc1cc2cc3c(c(O)c2c(=O)[nH]1)C1(CC3)C(O)=c2c(=O)c3c(=O)cc(OC)c(=O)c=3c(=O)c2=C1O. The lowest BCUT2D eigenvalue weighted by molar-refractivity contribution is 0.361. The molecule has 123 heavy (non-hydrogen) atoms. The lowest BCUT2D eigenvalue weighted by Crippen LogP contribution is -2.51. The number of phenols is 3. The second kappa shape index (κ2) is 31.0. The zero-order chi connectivity index (χ0) is 88.9. The molecule has 0 fully saturated rings. The van der Waals surface area contributed by atoms with Crippen molar-refractivity contribution in [2.24, 2.45) is 0 Å². The number of benzene rings is 3. The van der Waals surface area contributed by atoms with Crippen LogP contribution in [0.25, 0.3) is 72.9 Å². The Morgan fingerprint density at radius 3 is 1.09 bits per heavy atom. The first-order chi connectivity index (χ1) is 58.7. The summed E-state index contributed by atoms with van der Waals surface area (Å²) in [6, 6.07) is 11.0. The molecule has 3 spiro atoms. The van der Waals surface area contributed by atoms with Crippen LogP contribution in [0, 0.1) is 31.3 Å². The predicted octanol–water partition coefficient (Wildman–Crippen LogP) is 3.05. The Bertz CT molecular complexity index is 8510. The lowest BCUT2D eigenvalue weighted by Gasteiger charge is -2.27. The molecule has 0 saturated carbocycles. The molecular weight excluding hydrogens is 1790 g/mol. The second-order valence-corrected chi connectivity index (χ2v) is 31.6. The van der Waals surface area contributed by atoms with Crippen LogP contribution in [0.2, 0.25) is 0 Å². The third-order valence-corrected chi connectivity index (χ3v) is 25.6. The second-order valence-electron chi connectivity index (χ2n) is 30.9. The van der Waals surface area contributed by atoms with Crippen molar-refractivity contribution in [1.82, 2.24) is 15.0 Å². The van der Waals surface area contributed by atoms with E-state index < -0.39 is 230 Å². The Hall–Kier alpha value is -13.3. The summed E-state index contributed by atoms with van der Waals surface area (Å²) in [6.07, 6.45) is 14.5. The number of unbranched alkanes of at least 4 members (excludes halogenated alkanes) is 4. The first-order valence-corrected chi connectivity index (χ1v) is 43.2. The number of aromatic hydroxyl groups is 3. The van der Waals surface area contributed by atoms with E-state index in [-0.39, 0.29) is 71.4 Å². The number of fused-ring (bicyclic) bond motifs is 12. The molecule has 12 N–H and O–H groups in total. The van der Waals surface area contributed by atoms with Gasteiger partial charge in [-0.2, -0.15) is 0 Å². The molecule has 0 radical (unpaired) electrons. The summed E-state index contributed by atoms with van der Waals surface area (Å²) in [5.41, 5.74) is -16.7.